The van der Waals surface area contributed by atoms with Crippen LogP contribution in [0.3, 0.4) is 0 Å². The van der Waals surface area contributed by atoms with Gasteiger partial charge in [0, 0.05) is 31.9 Å². The molecule has 128 valence electrons. The van der Waals surface area contributed by atoms with Gasteiger partial charge in [-0.05, 0) is 42.3 Å². The zero-order valence-corrected chi connectivity index (χ0v) is 14.7. The molecule has 4 heteroatoms. The molecule has 1 fully saturated rings. The molecule has 1 heterocycles. The maximum Gasteiger partial charge on any atom is 0.239 e. The van der Waals surface area contributed by atoms with Crippen LogP contribution < -0.4 is 10.2 Å². The second kappa shape index (κ2) is 7.67. The largest absolute Gasteiger partial charge is 0.365 e. The first-order valence-electron chi connectivity index (χ1n) is 8.87. The predicted octanol–water partition coefficient (Wildman–Crippen LogP) is 2.88. The first-order chi connectivity index (χ1) is 11.7. The Morgan fingerprint density at radius 1 is 1.17 bits per heavy atom. The van der Waals surface area contributed by atoms with Crippen molar-refractivity contribution in [1.82, 2.24) is 10.2 Å². The van der Waals surface area contributed by atoms with E-state index < -0.39 is 0 Å². The van der Waals surface area contributed by atoms with Crippen molar-refractivity contribution < 1.29 is 4.79 Å². The summed E-state index contributed by atoms with van der Waals surface area (Å²) in [5.41, 5.74) is 1.07. The van der Waals surface area contributed by atoms with E-state index in [0.29, 0.717) is 12.6 Å². The first-order valence-corrected chi connectivity index (χ1v) is 8.87. The molecule has 0 aliphatic carbocycles. The lowest BCUT2D eigenvalue weighted by molar-refractivity contribution is -0.120. The normalized spacial score (nSPS) is 16.2. The molecule has 0 aromatic heterocycles. The molecule has 2 aromatic carbocycles. The number of carbonyl (C=O) groups excluding carboxylic acids is 1. The van der Waals surface area contributed by atoms with E-state index in [0.717, 1.165) is 38.2 Å². The molecule has 4 nitrogen and oxygen atoms in total. The minimum absolute atomic E-state index is 0.112. The number of carbonyl (C=O) groups is 1. The van der Waals surface area contributed by atoms with Crippen LogP contribution in [-0.4, -0.2) is 50.1 Å². The maximum absolute atomic E-state index is 12.3. The number of hydrogen-bond acceptors (Lipinski definition) is 3. The summed E-state index contributed by atoms with van der Waals surface area (Å²) in [4.78, 5) is 16.8. The van der Waals surface area contributed by atoms with Crippen LogP contribution in [0.2, 0.25) is 0 Å². The number of amides is 1. The smallest absolute Gasteiger partial charge is 0.239 e. The molecule has 0 radical (unpaired) electrons. The Hall–Kier alpha value is -2.07. The predicted molar refractivity (Wildman–Crippen MR) is 100 cm³/mol. The first kappa shape index (κ1) is 16.8. The Morgan fingerprint density at radius 2 is 1.88 bits per heavy atom. The minimum Gasteiger partial charge on any atom is -0.365 e. The summed E-state index contributed by atoms with van der Waals surface area (Å²) in [6, 6.07) is 15.0. The van der Waals surface area contributed by atoms with Crippen molar-refractivity contribution >= 4 is 22.4 Å². The van der Waals surface area contributed by atoms with Crippen molar-refractivity contribution in [2.45, 2.75) is 25.8 Å². The fourth-order valence-corrected chi connectivity index (χ4v) is 3.39. The monoisotopic (exact) mass is 325 g/mol. The topological polar surface area (TPSA) is 35.6 Å². The maximum atomic E-state index is 12.3. The van der Waals surface area contributed by atoms with Gasteiger partial charge in [-0.1, -0.05) is 37.3 Å². The lowest BCUT2D eigenvalue weighted by Gasteiger charge is -2.32. The summed E-state index contributed by atoms with van der Waals surface area (Å²) in [5.74, 6) is 0.112. The molecular formula is C20H27N3O. The summed E-state index contributed by atoms with van der Waals surface area (Å²) in [6.45, 7) is 5.86. The van der Waals surface area contributed by atoms with Crippen LogP contribution in [0.15, 0.2) is 42.5 Å². The Bertz CT molecular complexity index is 692. The summed E-state index contributed by atoms with van der Waals surface area (Å²) < 4.78 is 0. The van der Waals surface area contributed by atoms with Crippen LogP contribution in [0.1, 0.15) is 19.8 Å². The van der Waals surface area contributed by atoms with Gasteiger partial charge in [0.15, 0.2) is 0 Å². The molecule has 0 unspecified atom stereocenters. The number of piperidine rings is 1. The SMILES string of the molecule is CCN1CCC(NC(=O)CN(C)c2ccc3ccccc3c2)CC1. The third-order valence-electron chi connectivity index (χ3n) is 4.95. The number of benzene rings is 2. The molecule has 1 N–H and O–H groups in total. The van der Waals surface area contributed by atoms with E-state index in [1.54, 1.807) is 0 Å². The van der Waals surface area contributed by atoms with Gasteiger partial charge in [0.05, 0.1) is 6.54 Å². The fraction of sp³-hybridized carbons (Fsp3) is 0.450. The Morgan fingerprint density at radius 3 is 2.58 bits per heavy atom. The fourth-order valence-electron chi connectivity index (χ4n) is 3.39. The zero-order valence-electron chi connectivity index (χ0n) is 14.7. The van der Waals surface area contributed by atoms with Crippen molar-refractivity contribution in [3.63, 3.8) is 0 Å². The molecule has 0 bridgehead atoms. The van der Waals surface area contributed by atoms with Crippen molar-refractivity contribution in [3.05, 3.63) is 42.5 Å². The van der Waals surface area contributed by atoms with Gasteiger partial charge in [-0.25, -0.2) is 0 Å². The van der Waals surface area contributed by atoms with Crippen molar-refractivity contribution in [1.29, 1.82) is 0 Å². The van der Waals surface area contributed by atoms with Gasteiger partial charge in [0.25, 0.3) is 0 Å². The summed E-state index contributed by atoms with van der Waals surface area (Å²) in [6.07, 6.45) is 2.11. The molecular weight excluding hydrogens is 298 g/mol. The highest BCUT2D eigenvalue weighted by molar-refractivity contribution is 5.87. The standard InChI is InChI=1S/C20H27N3O/c1-3-23-12-10-18(11-13-23)21-20(24)15-22(2)19-9-8-16-6-4-5-7-17(16)14-19/h4-9,14,18H,3,10-13,15H2,1-2H3,(H,21,24). The van der Waals surface area contributed by atoms with E-state index in [-0.39, 0.29) is 5.91 Å². The van der Waals surface area contributed by atoms with Gasteiger partial charge in [-0.15, -0.1) is 0 Å². The number of anilines is 1. The van der Waals surface area contributed by atoms with E-state index in [1.807, 2.05) is 24.1 Å². The average molecular weight is 325 g/mol. The number of nitrogens with zero attached hydrogens (tertiary/aromatic N) is 2. The Labute approximate surface area is 144 Å². The second-order valence-electron chi connectivity index (χ2n) is 6.66. The molecule has 1 saturated heterocycles. The van der Waals surface area contributed by atoms with Crippen LogP contribution in [0.5, 0.6) is 0 Å². The van der Waals surface area contributed by atoms with Crippen LogP contribution >= 0.6 is 0 Å². The molecule has 1 aliphatic rings. The van der Waals surface area contributed by atoms with Crippen molar-refractivity contribution in [3.8, 4) is 0 Å². The highest BCUT2D eigenvalue weighted by atomic mass is 16.2. The van der Waals surface area contributed by atoms with E-state index in [4.69, 9.17) is 0 Å². The molecule has 1 amide bonds. The third kappa shape index (κ3) is 4.06. The summed E-state index contributed by atoms with van der Waals surface area (Å²) in [5, 5.41) is 5.62. The van der Waals surface area contributed by atoms with Gasteiger partial charge in [-0.3, -0.25) is 4.79 Å². The van der Waals surface area contributed by atoms with Gasteiger partial charge in [-0.2, -0.15) is 0 Å². The molecule has 24 heavy (non-hydrogen) atoms. The van der Waals surface area contributed by atoms with Gasteiger partial charge < -0.3 is 15.1 Å². The van der Waals surface area contributed by atoms with E-state index in [2.05, 4.69) is 47.5 Å². The number of hydrogen-bond donors (Lipinski definition) is 1. The molecule has 3 rings (SSSR count). The Kier molecular flexibility index (Phi) is 5.36. The van der Waals surface area contributed by atoms with Crippen molar-refractivity contribution in [2.24, 2.45) is 0 Å². The van der Waals surface area contributed by atoms with Gasteiger partial charge >= 0.3 is 0 Å². The van der Waals surface area contributed by atoms with Crippen LogP contribution in [0.4, 0.5) is 5.69 Å². The molecule has 0 atom stereocenters. The quantitative estimate of drug-likeness (QED) is 0.918. The lowest BCUT2D eigenvalue weighted by Crippen LogP contribution is -2.47. The average Bonchev–Trinajstić information content (AvgIpc) is 2.61. The highest BCUT2D eigenvalue weighted by Gasteiger charge is 2.20. The molecule has 1 aliphatic heterocycles. The zero-order chi connectivity index (χ0) is 16.9. The van der Waals surface area contributed by atoms with Crippen molar-refractivity contribution in [2.75, 3.05) is 38.1 Å². The molecule has 0 spiro atoms. The van der Waals surface area contributed by atoms with Crippen LogP contribution in [-0.2, 0) is 4.79 Å². The highest BCUT2D eigenvalue weighted by Crippen LogP contribution is 2.21. The van der Waals surface area contributed by atoms with E-state index in [1.165, 1.54) is 10.8 Å². The van der Waals surface area contributed by atoms with E-state index >= 15 is 0 Å². The summed E-state index contributed by atoms with van der Waals surface area (Å²) in [7, 11) is 1.98. The number of likely N-dealkylation sites (tertiary alicyclic amines) is 1. The molecule has 2 aromatic rings. The lowest BCUT2D eigenvalue weighted by atomic mass is 10.1. The number of likely N-dealkylation sites (N-methyl/N-ethyl adjacent to an activating group) is 1. The van der Waals surface area contributed by atoms with Gasteiger partial charge in [0.1, 0.15) is 0 Å². The summed E-state index contributed by atoms with van der Waals surface area (Å²) >= 11 is 0. The third-order valence-corrected chi connectivity index (χ3v) is 4.95. The number of fused-ring (bicyclic) bond motifs is 1. The van der Waals surface area contributed by atoms with Crippen LogP contribution in [0, 0.1) is 0 Å². The Balaban J connectivity index is 1.55. The number of nitrogens with one attached hydrogen (secondary N) is 1. The second-order valence-corrected chi connectivity index (χ2v) is 6.66. The molecule has 0 saturated carbocycles. The van der Waals surface area contributed by atoms with E-state index in [9.17, 15) is 4.79 Å². The van der Waals surface area contributed by atoms with Crippen LogP contribution in [0.25, 0.3) is 10.8 Å². The van der Waals surface area contributed by atoms with Gasteiger partial charge in [0.2, 0.25) is 5.91 Å². The minimum atomic E-state index is 0.112. The number of rotatable bonds is 5.